The van der Waals surface area contributed by atoms with Gasteiger partial charge in [0.15, 0.2) is 0 Å². The third kappa shape index (κ3) is 3.45. The van der Waals surface area contributed by atoms with Crippen molar-refractivity contribution >= 4 is 5.78 Å². The molecule has 24 heavy (non-hydrogen) atoms. The Hall–Kier alpha value is -1.91. The summed E-state index contributed by atoms with van der Waals surface area (Å²) >= 11 is 0. The smallest absolute Gasteiger partial charge is 0.218 e. The predicted octanol–water partition coefficient (Wildman–Crippen LogP) is 1.97. The first kappa shape index (κ1) is 16.9. The van der Waals surface area contributed by atoms with Crippen LogP contribution in [0.15, 0.2) is 36.4 Å². The minimum Gasteiger partial charge on any atom is -0.364 e. The van der Waals surface area contributed by atoms with Gasteiger partial charge in [-0.05, 0) is 45.9 Å². The second-order valence-electron chi connectivity index (χ2n) is 6.97. The monoisotopic (exact) mass is 327 g/mol. The van der Waals surface area contributed by atoms with Crippen molar-refractivity contribution in [3.63, 3.8) is 0 Å². The lowest BCUT2D eigenvalue weighted by atomic mass is 10.1. The lowest BCUT2D eigenvalue weighted by molar-refractivity contribution is -0.906. The highest BCUT2D eigenvalue weighted by Gasteiger charge is 2.28. The highest BCUT2D eigenvalue weighted by Crippen LogP contribution is 2.20. The highest BCUT2D eigenvalue weighted by atomic mass is 16.5. The molecule has 4 heteroatoms. The lowest BCUT2D eigenvalue weighted by Gasteiger charge is -2.31. The van der Waals surface area contributed by atoms with Gasteiger partial charge < -0.3 is 14.2 Å². The van der Waals surface area contributed by atoms with Crippen LogP contribution in [0.4, 0.5) is 0 Å². The van der Waals surface area contributed by atoms with Crippen molar-refractivity contribution in [1.82, 2.24) is 4.57 Å². The van der Waals surface area contributed by atoms with Crippen molar-refractivity contribution in [2.45, 2.75) is 39.9 Å². The summed E-state index contributed by atoms with van der Waals surface area (Å²) in [4.78, 5) is 14.2. The zero-order chi connectivity index (χ0) is 17.3. The molecule has 128 valence electrons. The van der Waals surface area contributed by atoms with Crippen LogP contribution in [0, 0.1) is 13.8 Å². The topological polar surface area (TPSA) is 35.7 Å². The van der Waals surface area contributed by atoms with Crippen LogP contribution in [0.5, 0.6) is 0 Å². The van der Waals surface area contributed by atoms with E-state index in [1.807, 2.05) is 31.2 Å². The molecule has 1 saturated heterocycles. The summed E-state index contributed by atoms with van der Waals surface area (Å²) < 4.78 is 7.93. The summed E-state index contributed by atoms with van der Waals surface area (Å²) in [6.07, 6.45) is 0.432. The van der Waals surface area contributed by atoms with Gasteiger partial charge >= 0.3 is 0 Å². The summed E-state index contributed by atoms with van der Waals surface area (Å²) in [5.74, 6) is 0.224. The van der Waals surface area contributed by atoms with E-state index in [4.69, 9.17) is 4.74 Å². The number of morpholine rings is 1. The van der Waals surface area contributed by atoms with E-state index in [0.717, 1.165) is 35.7 Å². The zero-order valence-corrected chi connectivity index (χ0v) is 15.0. The Balaban J connectivity index is 1.81. The van der Waals surface area contributed by atoms with E-state index in [0.29, 0.717) is 6.54 Å². The fourth-order valence-corrected chi connectivity index (χ4v) is 3.88. The largest absolute Gasteiger partial charge is 0.364 e. The second-order valence-corrected chi connectivity index (χ2v) is 6.97. The van der Waals surface area contributed by atoms with E-state index < -0.39 is 0 Å². The Morgan fingerprint density at radius 3 is 2.42 bits per heavy atom. The fourth-order valence-electron chi connectivity index (χ4n) is 3.88. The number of nitrogens with one attached hydrogen (secondary N) is 1. The van der Waals surface area contributed by atoms with Gasteiger partial charge in [0.2, 0.25) is 5.78 Å². The summed E-state index contributed by atoms with van der Waals surface area (Å²) in [5.41, 5.74) is 4.07. The molecule has 0 spiro atoms. The lowest BCUT2D eigenvalue weighted by Crippen LogP contribution is -3.16. The van der Waals surface area contributed by atoms with Crippen molar-refractivity contribution in [2.24, 2.45) is 0 Å². The molecule has 1 aliphatic heterocycles. The summed E-state index contributed by atoms with van der Waals surface area (Å²) in [5, 5.41) is 0. The molecule has 3 rings (SSSR count). The predicted molar refractivity (Wildman–Crippen MR) is 95.1 cm³/mol. The number of rotatable bonds is 4. The molecular weight excluding hydrogens is 300 g/mol. The molecule has 2 aromatic rings. The van der Waals surface area contributed by atoms with Gasteiger partial charge in [0.25, 0.3) is 0 Å². The first-order valence-corrected chi connectivity index (χ1v) is 8.72. The number of aryl methyl sites for hydroxylation is 1. The molecule has 4 nitrogen and oxygen atoms in total. The Kier molecular flexibility index (Phi) is 4.88. The third-order valence-electron chi connectivity index (χ3n) is 4.77. The van der Waals surface area contributed by atoms with Gasteiger partial charge in [-0.25, -0.2) is 0 Å². The maximum absolute atomic E-state index is 12.9. The number of hydrogen-bond donors (Lipinski definition) is 1. The van der Waals surface area contributed by atoms with Crippen LogP contribution in [0.1, 0.15) is 35.6 Å². The van der Waals surface area contributed by atoms with E-state index in [-0.39, 0.29) is 18.0 Å². The average molecular weight is 327 g/mol. The Morgan fingerprint density at radius 1 is 1.17 bits per heavy atom. The highest BCUT2D eigenvalue weighted by molar-refractivity contribution is 5.98. The first-order chi connectivity index (χ1) is 11.5. The summed E-state index contributed by atoms with van der Waals surface area (Å²) in [6.45, 7) is 10.6. The number of hydrogen-bond acceptors (Lipinski definition) is 2. The van der Waals surface area contributed by atoms with Gasteiger partial charge in [-0.3, -0.25) is 4.79 Å². The Labute approximate surface area is 144 Å². The Morgan fingerprint density at radius 2 is 1.79 bits per heavy atom. The Bertz CT molecular complexity index is 711. The molecule has 1 aliphatic rings. The van der Waals surface area contributed by atoms with Crippen molar-refractivity contribution in [3.8, 4) is 5.69 Å². The third-order valence-corrected chi connectivity index (χ3v) is 4.77. The van der Waals surface area contributed by atoms with Gasteiger partial charge in [0.1, 0.15) is 31.8 Å². The number of quaternary nitrogens is 1. The first-order valence-electron chi connectivity index (χ1n) is 8.72. The number of carbonyl (C=O) groups excluding carboxylic acids is 1. The van der Waals surface area contributed by atoms with Gasteiger partial charge in [-0.1, -0.05) is 18.2 Å². The van der Waals surface area contributed by atoms with Gasteiger partial charge in [0, 0.05) is 22.6 Å². The number of aromatic nitrogens is 1. The van der Waals surface area contributed by atoms with E-state index >= 15 is 0 Å². The van der Waals surface area contributed by atoms with Crippen molar-refractivity contribution in [1.29, 1.82) is 0 Å². The second kappa shape index (κ2) is 6.91. The fraction of sp³-hybridized carbons (Fsp3) is 0.450. The average Bonchev–Trinajstić information content (AvgIpc) is 2.82. The molecule has 0 amide bonds. The molecule has 0 aliphatic carbocycles. The molecule has 1 aromatic heterocycles. The van der Waals surface area contributed by atoms with Gasteiger partial charge in [0.05, 0.1) is 0 Å². The van der Waals surface area contributed by atoms with Gasteiger partial charge in [-0.2, -0.15) is 0 Å². The van der Waals surface area contributed by atoms with Crippen LogP contribution >= 0.6 is 0 Å². The summed E-state index contributed by atoms with van der Waals surface area (Å²) in [6, 6.07) is 12.2. The van der Waals surface area contributed by atoms with Gasteiger partial charge in [-0.15, -0.1) is 0 Å². The molecule has 0 saturated carbocycles. The molecule has 2 atom stereocenters. The van der Waals surface area contributed by atoms with Crippen molar-refractivity contribution in [2.75, 3.05) is 19.6 Å². The summed E-state index contributed by atoms with van der Waals surface area (Å²) in [7, 11) is 0. The number of Topliss-reactive ketones (excluding diaryl/α,β-unsaturated/α-hetero) is 1. The maximum Gasteiger partial charge on any atom is 0.218 e. The quantitative estimate of drug-likeness (QED) is 0.872. The number of nitrogens with zero attached hydrogens (tertiary/aromatic N) is 1. The standard InChI is InChI=1S/C20H26N2O2/c1-14-10-19(17(4)22(14)18-8-6-5-7-9-18)20(23)13-21-11-15(2)24-16(3)12-21/h5-10,15-16H,11-13H2,1-4H3/p+1. The number of ether oxygens (including phenoxy) is 1. The van der Waals surface area contributed by atoms with Crippen LogP contribution in [0.3, 0.4) is 0 Å². The minimum absolute atomic E-state index is 0.216. The molecule has 0 radical (unpaired) electrons. The van der Waals surface area contributed by atoms with E-state index in [1.54, 1.807) is 0 Å². The van der Waals surface area contributed by atoms with Crippen LogP contribution in [0.2, 0.25) is 0 Å². The number of carbonyl (C=O) groups is 1. The minimum atomic E-state index is 0.216. The molecule has 2 heterocycles. The number of ketones is 1. The molecule has 2 unspecified atom stereocenters. The molecule has 1 fully saturated rings. The molecule has 1 aromatic carbocycles. The SMILES string of the molecule is Cc1cc(C(=O)C[NH+]2CC(C)OC(C)C2)c(C)n1-c1ccccc1. The molecule has 0 bridgehead atoms. The van der Waals surface area contributed by atoms with Crippen LogP contribution in [-0.4, -0.2) is 42.2 Å². The van der Waals surface area contributed by atoms with Crippen molar-refractivity contribution < 1.29 is 14.4 Å². The van der Waals surface area contributed by atoms with Crippen LogP contribution in [-0.2, 0) is 4.74 Å². The van der Waals surface area contributed by atoms with E-state index in [2.05, 4.69) is 37.5 Å². The zero-order valence-electron chi connectivity index (χ0n) is 15.0. The molecular formula is C20H27N2O2+. The van der Waals surface area contributed by atoms with Crippen LogP contribution < -0.4 is 4.90 Å². The number of benzene rings is 1. The maximum atomic E-state index is 12.9. The van der Waals surface area contributed by atoms with E-state index in [1.165, 1.54) is 4.90 Å². The van der Waals surface area contributed by atoms with E-state index in [9.17, 15) is 4.79 Å². The normalized spacial score (nSPS) is 24.1. The molecule has 1 N–H and O–H groups in total. The van der Waals surface area contributed by atoms with Crippen molar-refractivity contribution in [3.05, 3.63) is 53.3 Å². The number of para-hydroxylation sites is 1. The van der Waals surface area contributed by atoms with Crippen LogP contribution in [0.25, 0.3) is 5.69 Å².